The molecule has 0 spiro atoms. The van der Waals surface area contributed by atoms with Crippen molar-refractivity contribution in [2.24, 2.45) is 0 Å². The second-order valence-electron chi connectivity index (χ2n) is 5.87. The van der Waals surface area contributed by atoms with Gasteiger partial charge in [0.15, 0.2) is 0 Å². The van der Waals surface area contributed by atoms with Crippen LogP contribution in [-0.2, 0) is 11.2 Å². The molecule has 21 heavy (non-hydrogen) atoms. The number of methoxy groups -OCH3 is 1. The van der Waals surface area contributed by atoms with E-state index in [1.807, 2.05) is 6.92 Å². The van der Waals surface area contributed by atoms with Gasteiger partial charge in [-0.05, 0) is 37.8 Å². The lowest BCUT2D eigenvalue weighted by atomic mass is 10.1. The van der Waals surface area contributed by atoms with Crippen LogP contribution in [0.4, 0.5) is 5.95 Å². The number of anilines is 1. The Bertz CT molecular complexity index is 620. The minimum absolute atomic E-state index is 0.243. The molecule has 1 aliphatic carbocycles. The molecule has 1 aromatic carbocycles. The van der Waals surface area contributed by atoms with E-state index in [9.17, 15) is 0 Å². The Morgan fingerprint density at radius 3 is 3.05 bits per heavy atom. The standard InChI is InChI=1S/C17H23N3O/c1-12-10-20(17(18-12)19-13(2)11-21-3)16-9-8-14-6-4-5-7-15(14)16/h4-7,10,13,16H,8-9,11H2,1-3H3,(H,18,19). The molecule has 1 N–H and O–H groups in total. The van der Waals surface area contributed by atoms with E-state index >= 15 is 0 Å². The van der Waals surface area contributed by atoms with Gasteiger partial charge >= 0.3 is 0 Å². The van der Waals surface area contributed by atoms with Gasteiger partial charge in [-0.1, -0.05) is 24.3 Å². The van der Waals surface area contributed by atoms with Crippen LogP contribution in [0.1, 0.15) is 36.2 Å². The molecule has 2 aromatic rings. The summed E-state index contributed by atoms with van der Waals surface area (Å²) >= 11 is 0. The molecule has 4 nitrogen and oxygen atoms in total. The summed E-state index contributed by atoms with van der Waals surface area (Å²) in [6.07, 6.45) is 4.43. The van der Waals surface area contributed by atoms with Crippen LogP contribution in [0.5, 0.6) is 0 Å². The number of benzene rings is 1. The molecule has 1 aromatic heterocycles. The molecule has 0 aliphatic heterocycles. The number of imidazole rings is 1. The summed E-state index contributed by atoms with van der Waals surface area (Å²) in [5.74, 6) is 0.943. The first-order chi connectivity index (χ1) is 10.2. The van der Waals surface area contributed by atoms with E-state index in [1.165, 1.54) is 11.1 Å². The van der Waals surface area contributed by atoms with E-state index < -0.39 is 0 Å². The molecular formula is C17H23N3O. The summed E-state index contributed by atoms with van der Waals surface area (Å²) in [7, 11) is 1.73. The molecule has 0 amide bonds. The third kappa shape index (κ3) is 2.81. The van der Waals surface area contributed by atoms with Gasteiger partial charge in [0.1, 0.15) is 0 Å². The van der Waals surface area contributed by atoms with Crippen molar-refractivity contribution < 1.29 is 4.74 Å². The predicted molar refractivity (Wildman–Crippen MR) is 84.8 cm³/mol. The lowest BCUT2D eigenvalue weighted by Gasteiger charge is -2.20. The van der Waals surface area contributed by atoms with Crippen LogP contribution in [0.15, 0.2) is 30.5 Å². The maximum Gasteiger partial charge on any atom is 0.203 e. The highest BCUT2D eigenvalue weighted by Crippen LogP contribution is 2.36. The minimum Gasteiger partial charge on any atom is -0.383 e. The largest absolute Gasteiger partial charge is 0.383 e. The fourth-order valence-corrected chi connectivity index (χ4v) is 3.20. The lowest BCUT2D eigenvalue weighted by Crippen LogP contribution is -2.24. The Hall–Kier alpha value is -1.81. The number of hydrogen-bond acceptors (Lipinski definition) is 3. The normalized spacial score (nSPS) is 18.5. The first-order valence-electron chi connectivity index (χ1n) is 7.57. The number of fused-ring (bicyclic) bond motifs is 1. The van der Waals surface area contributed by atoms with Crippen molar-refractivity contribution in [3.63, 3.8) is 0 Å². The molecule has 4 heteroatoms. The lowest BCUT2D eigenvalue weighted by molar-refractivity contribution is 0.190. The number of hydrogen-bond donors (Lipinski definition) is 1. The van der Waals surface area contributed by atoms with Gasteiger partial charge in [0.25, 0.3) is 0 Å². The van der Waals surface area contributed by atoms with E-state index in [2.05, 4.69) is 52.3 Å². The van der Waals surface area contributed by atoms with Crippen molar-refractivity contribution in [3.8, 4) is 0 Å². The zero-order chi connectivity index (χ0) is 14.8. The van der Waals surface area contributed by atoms with Gasteiger partial charge in [-0.25, -0.2) is 4.98 Å². The van der Waals surface area contributed by atoms with Gasteiger partial charge in [0.05, 0.1) is 18.3 Å². The zero-order valence-corrected chi connectivity index (χ0v) is 13.0. The molecule has 0 bridgehead atoms. The van der Waals surface area contributed by atoms with Crippen LogP contribution in [-0.4, -0.2) is 29.3 Å². The van der Waals surface area contributed by atoms with E-state index in [0.29, 0.717) is 12.6 Å². The third-order valence-electron chi connectivity index (χ3n) is 4.08. The van der Waals surface area contributed by atoms with Gasteiger partial charge in [0, 0.05) is 19.3 Å². The Kier molecular flexibility index (Phi) is 3.97. The molecule has 0 saturated heterocycles. The van der Waals surface area contributed by atoms with Gasteiger partial charge in [0.2, 0.25) is 5.95 Å². The maximum absolute atomic E-state index is 5.20. The molecule has 1 heterocycles. The fourth-order valence-electron chi connectivity index (χ4n) is 3.20. The van der Waals surface area contributed by atoms with E-state index in [1.54, 1.807) is 7.11 Å². The molecule has 0 fully saturated rings. The van der Waals surface area contributed by atoms with Crippen LogP contribution in [0.2, 0.25) is 0 Å². The van der Waals surface area contributed by atoms with Crippen LogP contribution in [0, 0.1) is 6.92 Å². The monoisotopic (exact) mass is 285 g/mol. The van der Waals surface area contributed by atoms with Crippen molar-refractivity contribution >= 4 is 5.95 Å². The second kappa shape index (κ2) is 5.90. The molecule has 3 rings (SSSR count). The average Bonchev–Trinajstić information content (AvgIpc) is 3.02. The van der Waals surface area contributed by atoms with E-state index in [4.69, 9.17) is 4.74 Å². The highest BCUT2D eigenvalue weighted by atomic mass is 16.5. The molecule has 2 atom stereocenters. The van der Waals surface area contributed by atoms with Crippen molar-refractivity contribution in [1.29, 1.82) is 0 Å². The van der Waals surface area contributed by atoms with Crippen LogP contribution in [0.3, 0.4) is 0 Å². The highest BCUT2D eigenvalue weighted by molar-refractivity contribution is 5.39. The molecule has 1 aliphatic rings. The molecule has 0 radical (unpaired) electrons. The number of ether oxygens (including phenoxy) is 1. The Morgan fingerprint density at radius 1 is 1.43 bits per heavy atom. The van der Waals surface area contributed by atoms with Crippen LogP contribution < -0.4 is 5.32 Å². The second-order valence-corrected chi connectivity index (χ2v) is 5.87. The van der Waals surface area contributed by atoms with E-state index in [0.717, 1.165) is 24.5 Å². The topological polar surface area (TPSA) is 39.1 Å². The molecular weight excluding hydrogens is 262 g/mol. The minimum atomic E-state index is 0.243. The maximum atomic E-state index is 5.20. The summed E-state index contributed by atoms with van der Waals surface area (Å²) in [5, 5.41) is 3.47. The molecule has 112 valence electrons. The van der Waals surface area contributed by atoms with Gasteiger partial charge < -0.3 is 14.6 Å². The van der Waals surface area contributed by atoms with Gasteiger partial charge in [-0.3, -0.25) is 0 Å². The zero-order valence-electron chi connectivity index (χ0n) is 13.0. The summed E-state index contributed by atoms with van der Waals surface area (Å²) < 4.78 is 7.49. The molecule has 2 unspecified atom stereocenters. The van der Waals surface area contributed by atoms with Crippen molar-refractivity contribution in [2.45, 2.75) is 38.8 Å². The Morgan fingerprint density at radius 2 is 2.24 bits per heavy atom. The fraction of sp³-hybridized carbons (Fsp3) is 0.471. The Labute approximate surface area is 126 Å². The highest BCUT2D eigenvalue weighted by Gasteiger charge is 2.25. The van der Waals surface area contributed by atoms with E-state index in [-0.39, 0.29) is 6.04 Å². The number of aryl methyl sites for hydroxylation is 2. The predicted octanol–water partition coefficient (Wildman–Crippen LogP) is 3.17. The van der Waals surface area contributed by atoms with Crippen molar-refractivity contribution in [2.75, 3.05) is 19.0 Å². The SMILES string of the molecule is COCC(C)Nc1nc(C)cn1C1CCc2ccccc21. The summed E-state index contributed by atoms with van der Waals surface area (Å²) in [5.41, 5.74) is 3.94. The number of nitrogens with one attached hydrogen (secondary N) is 1. The summed E-state index contributed by atoms with van der Waals surface area (Å²) in [4.78, 5) is 4.65. The van der Waals surface area contributed by atoms with Crippen LogP contribution >= 0.6 is 0 Å². The smallest absolute Gasteiger partial charge is 0.203 e. The van der Waals surface area contributed by atoms with Gasteiger partial charge in [-0.2, -0.15) is 0 Å². The number of aromatic nitrogens is 2. The van der Waals surface area contributed by atoms with Gasteiger partial charge in [-0.15, -0.1) is 0 Å². The first kappa shape index (κ1) is 14.1. The van der Waals surface area contributed by atoms with Crippen LogP contribution in [0.25, 0.3) is 0 Å². The number of nitrogens with zero attached hydrogens (tertiary/aromatic N) is 2. The van der Waals surface area contributed by atoms with Crippen molar-refractivity contribution in [3.05, 3.63) is 47.3 Å². The first-order valence-corrected chi connectivity index (χ1v) is 7.57. The third-order valence-corrected chi connectivity index (χ3v) is 4.08. The Balaban J connectivity index is 1.89. The molecule has 0 saturated carbocycles. The quantitative estimate of drug-likeness (QED) is 0.917. The average molecular weight is 285 g/mol. The van der Waals surface area contributed by atoms with Crippen molar-refractivity contribution in [1.82, 2.24) is 9.55 Å². The summed E-state index contributed by atoms with van der Waals surface area (Å²) in [6, 6.07) is 9.36. The summed E-state index contributed by atoms with van der Waals surface area (Å²) in [6.45, 7) is 4.83. The number of rotatable bonds is 5.